The van der Waals surface area contributed by atoms with Gasteiger partial charge in [0.2, 0.25) is 5.91 Å². The van der Waals surface area contributed by atoms with Gasteiger partial charge in [-0.15, -0.1) is 0 Å². The van der Waals surface area contributed by atoms with Gasteiger partial charge in [0, 0.05) is 48.2 Å². The number of hydrogen-bond acceptors (Lipinski definition) is 4. The van der Waals surface area contributed by atoms with Crippen LogP contribution in [0, 0.1) is 5.92 Å². The Morgan fingerprint density at radius 1 is 1.15 bits per heavy atom. The second kappa shape index (κ2) is 8.14. The molecule has 3 aromatic rings. The first-order valence-electron chi connectivity index (χ1n) is 9.33. The van der Waals surface area contributed by atoms with Crippen LogP contribution in [0.3, 0.4) is 0 Å². The number of aromatic nitrogens is 3. The molecule has 0 bridgehead atoms. The zero-order chi connectivity index (χ0) is 18.5. The van der Waals surface area contributed by atoms with E-state index >= 15 is 0 Å². The topological polar surface area (TPSA) is 82.7 Å². The van der Waals surface area contributed by atoms with Crippen LogP contribution in [0.5, 0.6) is 0 Å². The van der Waals surface area contributed by atoms with Gasteiger partial charge in [-0.1, -0.05) is 18.6 Å². The maximum atomic E-state index is 12.1. The van der Waals surface area contributed by atoms with E-state index in [-0.39, 0.29) is 11.8 Å². The Bertz CT molecular complexity index is 902. The van der Waals surface area contributed by atoms with Crippen LogP contribution in [0.1, 0.15) is 30.4 Å². The number of carbonyl (C=O) groups excluding carboxylic acids is 1. The van der Waals surface area contributed by atoms with E-state index in [1.165, 1.54) is 0 Å². The van der Waals surface area contributed by atoms with Crippen molar-refractivity contribution < 1.29 is 4.79 Å². The third-order valence-corrected chi connectivity index (χ3v) is 4.98. The maximum absolute atomic E-state index is 12.1. The molecule has 4 rings (SSSR count). The zero-order valence-electron chi connectivity index (χ0n) is 15.1. The van der Waals surface area contributed by atoms with Crippen molar-refractivity contribution in [3.63, 3.8) is 0 Å². The molecule has 1 saturated carbocycles. The standard InChI is InChI=1S/C21H23N5O/c27-21(16-5-2-6-16)25-19-8-1-4-15(10-19)11-23-13-18-14-24-26-20(18)17-7-3-9-22-12-17/h1,3-4,7-10,12,14,16,23H,2,5-6,11,13H2,(H,24,26)(H,25,27). The van der Waals surface area contributed by atoms with Gasteiger partial charge in [-0.05, 0) is 42.7 Å². The molecule has 2 aromatic heterocycles. The van der Waals surface area contributed by atoms with Gasteiger partial charge in [0.15, 0.2) is 0 Å². The molecule has 1 aliphatic rings. The van der Waals surface area contributed by atoms with Gasteiger partial charge in [0.05, 0.1) is 11.9 Å². The fourth-order valence-electron chi connectivity index (χ4n) is 3.22. The molecule has 0 atom stereocenters. The lowest BCUT2D eigenvalue weighted by atomic mass is 9.85. The average molecular weight is 361 g/mol. The van der Waals surface area contributed by atoms with E-state index in [9.17, 15) is 4.79 Å². The molecule has 0 radical (unpaired) electrons. The average Bonchev–Trinajstić information content (AvgIpc) is 3.10. The largest absolute Gasteiger partial charge is 0.326 e. The van der Waals surface area contributed by atoms with Crippen LogP contribution in [0.2, 0.25) is 0 Å². The van der Waals surface area contributed by atoms with Crippen LogP contribution in [-0.2, 0) is 17.9 Å². The molecule has 6 heteroatoms. The van der Waals surface area contributed by atoms with Crippen molar-refractivity contribution in [3.8, 4) is 11.3 Å². The van der Waals surface area contributed by atoms with E-state index < -0.39 is 0 Å². The maximum Gasteiger partial charge on any atom is 0.227 e. The summed E-state index contributed by atoms with van der Waals surface area (Å²) in [5.74, 6) is 0.338. The fraction of sp³-hybridized carbons (Fsp3) is 0.286. The molecular formula is C21H23N5O. The number of benzene rings is 1. The third-order valence-electron chi connectivity index (χ3n) is 4.98. The molecule has 138 valence electrons. The summed E-state index contributed by atoms with van der Waals surface area (Å²) in [6.07, 6.45) is 8.61. The molecule has 1 fully saturated rings. The first-order chi connectivity index (χ1) is 13.3. The van der Waals surface area contributed by atoms with Gasteiger partial charge in [0.1, 0.15) is 0 Å². The van der Waals surface area contributed by atoms with Crippen molar-refractivity contribution in [3.05, 3.63) is 66.1 Å². The highest BCUT2D eigenvalue weighted by Gasteiger charge is 2.25. The quantitative estimate of drug-likeness (QED) is 0.601. The number of nitrogens with zero attached hydrogens (tertiary/aromatic N) is 2. The van der Waals surface area contributed by atoms with Crippen LogP contribution in [-0.4, -0.2) is 21.1 Å². The lowest BCUT2D eigenvalue weighted by Crippen LogP contribution is -2.28. The highest BCUT2D eigenvalue weighted by Crippen LogP contribution is 2.27. The van der Waals surface area contributed by atoms with Crippen LogP contribution >= 0.6 is 0 Å². The summed E-state index contributed by atoms with van der Waals surface area (Å²) in [7, 11) is 0. The monoisotopic (exact) mass is 361 g/mol. The van der Waals surface area contributed by atoms with Crippen molar-refractivity contribution in [1.29, 1.82) is 0 Å². The number of H-pyrrole nitrogens is 1. The molecule has 0 spiro atoms. The SMILES string of the molecule is O=C(Nc1cccc(CNCc2cn[nH]c2-c2cccnc2)c1)C1CCC1. The Labute approximate surface area is 158 Å². The zero-order valence-corrected chi connectivity index (χ0v) is 15.1. The third kappa shape index (κ3) is 4.23. The van der Waals surface area contributed by atoms with Gasteiger partial charge < -0.3 is 10.6 Å². The molecule has 0 aliphatic heterocycles. The van der Waals surface area contributed by atoms with E-state index in [0.29, 0.717) is 13.1 Å². The van der Waals surface area contributed by atoms with E-state index in [4.69, 9.17) is 0 Å². The van der Waals surface area contributed by atoms with E-state index in [0.717, 1.165) is 47.3 Å². The van der Waals surface area contributed by atoms with Crippen LogP contribution in [0.25, 0.3) is 11.3 Å². The Morgan fingerprint density at radius 2 is 2.07 bits per heavy atom. The lowest BCUT2D eigenvalue weighted by molar-refractivity contribution is -0.122. The molecule has 2 heterocycles. The number of amides is 1. The smallest absolute Gasteiger partial charge is 0.227 e. The first-order valence-corrected chi connectivity index (χ1v) is 9.33. The fourth-order valence-corrected chi connectivity index (χ4v) is 3.22. The predicted octanol–water partition coefficient (Wildman–Crippen LogP) is 3.50. The number of aromatic amines is 1. The molecular weight excluding hydrogens is 338 g/mol. The summed E-state index contributed by atoms with van der Waals surface area (Å²) in [5, 5.41) is 13.7. The number of rotatable bonds is 7. The minimum absolute atomic E-state index is 0.144. The number of carbonyl (C=O) groups is 1. The van der Waals surface area contributed by atoms with Crippen molar-refractivity contribution in [1.82, 2.24) is 20.5 Å². The Morgan fingerprint density at radius 3 is 2.85 bits per heavy atom. The second-order valence-corrected chi connectivity index (χ2v) is 6.93. The van der Waals surface area contributed by atoms with Crippen molar-refractivity contribution in [2.24, 2.45) is 5.92 Å². The van der Waals surface area contributed by atoms with Crippen LogP contribution in [0.4, 0.5) is 5.69 Å². The summed E-state index contributed by atoms with van der Waals surface area (Å²) < 4.78 is 0. The Kier molecular flexibility index (Phi) is 5.25. The molecule has 0 unspecified atom stereocenters. The number of pyridine rings is 1. The number of anilines is 1. The van der Waals surface area contributed by atoms with Crippen LogP contribution < -0.4 is 10.6 Å². The minimum Gasteiger partial charge on any atom is -0.326 e. The minimum atomic E-state index is 0.144. The van der Waals surface area contributed by atoms with Gasteiger partial charge in [-0.3, -0.25) is 14.9 Å². The Hall–Kier alpha value is -2.99. The summed E-state index contributed by atoms with van der Waals surface area (Å²) in [4.78, 5) is 16.3. The highest BCUT2D eigenvalue weighted by atomic mass is 16.1. The van der Waals surface area contributed by atoms with Crippen molar-refractivity contribution >= 4 is 11.6 Å². The molecule has 1 aliphatic carbocycles. The van der Waals surface area contributed by atoms with E-state index in [2.05, 4.69) is 31.9 Å². The molecule has 6 nitrogen and oxygen atoms in total. The molecule has 3 N–H and O–H groups in total. The summed E-state index contributed by atoms with van der Waals surface area (Å²) in [6, 6.07) is 11.9. The predicted molar refractivity (Wildman–Crippen MR) is 105 cm³/mol. The molecule has 1 amide bonds. The summed E-state index contributed by atoms with van der Waals surface area (Å²) in [5.41, 5.74) is 5.10. The van der Waals surface area contributed by atoms with E-state index in [1.807, 2.05) is 42.7 Å². The summed E-state index contributed by atoms with van der Waals surface area (Å²) >= 11 is 0. The highest BCUT2D eigenvalue weighted by molar-refractivity contribution is 5.93. The van der Waals surface area contributed by atoms with E-state index in [1.54, 1.807) is 6.20 Å². The van der Waals surface area contributed by atoms with Gasteiger partial charge in [0.25, 0.3) is 0 Å². The lowest BCUT2D eigenvalue weighted by Gasteiger charge is -2.24. The molecule has 1 aromatic carbocycles. The van der Waals surface area contributed by atoms with Crippen molar-refractivity contribution in [2.45, 2.75) is 32.4 Å². The summed E-state index contributed by atoms with van der Waals surface area (Å²) in [6.45, 7) is 1.41. The van der Waals surface area contributed by atoms with Gasteiger partial charge in [-0.2, -0.15) is 5.10 Å². The first kappa shape index (κ1) is 17.4. The van der Waals surface area contributed by atoms with Gasteiger partial charge in [-0.25, -0.2) is 0 Å². The number of nitrogens with one attached hydrogen (secondary N) is 3. The number of hydrogen-bond donors (Lipinski definition) is 3. The molecule has 0 saturated heterocycles. The van der Waals surface area contributed by atoms with Gasteiger partial charge >= 0.3 is 0 Å². The molecule has 27 heavy (non-hydrogen) atoms. The van der Waals surface area contributed by atoms with Crippen molar-refractivity contribution in [2.75, 3.05) is 5.32 Å². The second-order valence-electron chi connectivity index (χ2n) is 6.93. The normalized spacial score (nSPS) is 13.9. The Balaban J connectivity index is 1.34. The van der Waals surface area contributed by atoms with Crippen LogP contribution in [0.15, 0.2) is 55.0 Å².